The number of hydrogen-bond donors (Lipinski definition) is 1. The van der Waals surface area contributed by atoms with Gasteiger partial charge in [-0.25, -0.2) is 0 Å². The predicted molar refractivity (Wildman–Crippen MR) is 111 cm³/mol. The standard InChI is InChI=1S/C19H22ClN3O2S/c1-24-16-7-8-18(25-2)17(13-16)21-19(26)23-11-9-22(10-12-23)15-5-3-14(20)4-6-15/h3-8,13H,9-12H2,1-2H3,(H,21,26). The van der Waals surface area contributed by atoms with Gasteiger partial charge in [-0.2, -0.15) is 0 Å². The van der Waals surface area contributed by atoms with E-state index >= 15 is 0 Å². The van der Waals surface area contributed by atoms with Crippen molar-refractivity contribution in [3.63, 3.8) is 0 Å². The van der Waals surface area contributed by atoms with E-state index in [9.17, 15) is 0 Å². The number of nitrogens with one attached hydrogen (secondary N) is 1. The second-order valence-corrected chi connectivity index (χ2v) is 6.77. The van der Waals surface area contributed by atoms with Crippen molar-refractivity contribution in [2.75, 3.05) is 50.6 Å². The first-order valence-electron chi connectivity index (χ1n) is 8.39. The molecule has 1 fully saturated rings. The van der Waals surface area contributed by atoms with E-state index in [0.29, 0.717) is 5.11 Å². The first-order valence-corrected chi connectivity index (χ1v) is 9.18. The van der Waals surface area contributed by atoms with Crippen LogP contribution in [0.4, 0.5) is 11.4 Å². The number of benzene rings is 2. The van der Waals surface area contributed by atoms with Crippen molar-refractivity contribution in [3.8, 4) is 11.5 Å². The maximum atomic E-state index is 5.97. The Kier molecular flexibility index (Phi) is 6.06. The highest BCUT2D eigenvalue weighted by atomic mass is 35.5. The topological polar surface area (TPSA) is 37.0 Å². The Morgan fingerprint density at radius 2 is 1.69 bits per heavy atom. The molecule has 0 bridgehead atoms. The van der Waals surface area contributed by atoms with E-state index in [0.717, 1.165) is 48.4 Å². The summed E-state index contributed by atoms with van der Waals surface area (Å²) < 4.78 is 10.7. The number of methoxy groups -OCH3 is 2. The molecule has 1 aliphatic heterocycles. The molecule has 138 valence electrons. The Balaban J connectivity index is 1.61. The monoisotopic (exact) mass is 391 g/mol. The van der Waals surface area contributed by atoms with Crippen molar-refractivity contribution in [3.05, 3.63) is 47.5 Å². The number of anilines is 2. The zero-order valence-electron chi connectivity index (χ0n) is 14.9. The molecule has 0 aliphatic carbocycles. The van der Waals surface area contributed by atoms with Crippen molar-refractivity contribution in [1.82, 2.24) is 4.90 Å². The van der Waals surface area contributed by atoms with Crippen LogP contribution in [0.2, 0.25) is 5.02 Å². The molecule has 0 saturated carbocycles. The molecule has 2 aromatic rings. The third kappa shape index (κ3) is 4.31. The lowest BCUT2D eigenvalue weighted by atomic mass is 10.2. The number of nitrogens with zero attached hydrogens (tertiary/aromatic N) is 2. The molecular formula is C19H22ClN3O2S. The van der Waals surface area contributed by atoms with Gasteiger partial charge in [0.05, 0.1) is 19.9 Å². The van der Waals surface area contributed by atoms with Crippen LogP contribution in [0.1, 0.15) is 0 Å². The molecule has 0 atom stereocenters. The van der Waals surface area contributed by atoms with Crippen LogP contribution < -0.4 is 19.7 Å². The van der Waals surface area contributed by atoms with Crippen LogP contribution in [0, 0.1) is 0 Å². The van der Waals surface area contributed by atoms with Crippen LogP contribution in [-0.4, -0.2) is 50.4 Å². The molecule has 0 radical (unpaired) electrons. The van der Waals surface area contributed by atoms with E-state index in [1.807, 2.05) is 30.3 Å². The molecule has 0 aromatic heterocycles. The van der Waals surface area contributed by atoms with E-state index < -0.39 is 0 Å². The molecule has 1 N–H and O–H groups in total. The average Bonchev–Trinajstić information content (AvgIpc) is 2.68. The van der Waals surface area contributed by atoms with Crippen LogP contribution in [0.3, 0.4) is 0 Å². The SMILES string of the molecule is COc1ccc(OC)c(NC(=S)N2CCN(c3ccc(Cl)cc3)CC2)c1. The largest absolute Gasteiger partial charge is 0.497 e. The fraction of sp³-hybridized carbons (Fsp3) is 0.316. The molecule has 3 rings (SSSR count). The Bertz CT molecular complexity index is 762. The molecule has 5 nitrogen and oxygen atoms in total. The third-order valence-corrected chi connectivity index (χ3v) is 5.02. The number of rotatable bonds is 4. The van der Waals surface area contributed by atoms with Gasteiger partial charge in [0.2, 0.25) is 0 Å². The van der Waals surface area contributed by atoms with Crippen molar-refractivity contribution >= 4 is 40.3 Å². The molecule has 1 aliphatic rings. The highest BCUT2D eigenvalue weighted by molar-refractivity contribution is 7.80. The first kappa shape index (κ1) is 18.6. The van der Waals surface area contributed by atoms with Crippen LogP contribution in [0.15, 0.2) is 42.5 Å². The lowest BCUT2D eigenvalue weighted by Crippen LogP contribution is -2.50. The highest BCUT2D eigenvalue weighted by Gasteiger charge is 2.20. The fourth-order valence-corrected chi connectivity index (χ4v) is 3.34. The van der Waals surface area contributed by atoms with Crippen LogP contribution in [0.5, 0.6) is 11.5 Å². The highest BCUT2D eigenvalue weighted by Crippen LogP contribution is 2.29. The summed E-state index contributed by atoms with van der Waals surface area (Å²) in [5.74, 6) is 1.48. The van der Waals surface area contributed by atoms with Crippen LogP contribution in [0.25, 0.3) is 0 Å². The van der Waals surface area contributed by atoms with Crippen LogP contribution in [-0.2, 0) is 0 Å². The van der Waals surface area contributed by atoms with Gasteiger partial charge in [0.1, 0.15) is 11.5 Å². The van der Waals surface area contributed by atoms with Gasteiger partial charge in [-0.1, -0.05) is 11.6 Å². The zero-order valence-corrected chi connectivity index (χ0v) is 16.4. The van der Waals surface area contributed by atoms with Gasteiger partial charge < -0.3 is 24.6 Å². The van der Waals surface area contributed by atoms with Crippen molar-refractivity contribution in [2.45, 2.75) is 0 Å². The van der Waals surface area contributed by atoms with Crippen molar-refractivity contribution in [2.24, 2.45) is 0 Å². The molecule has 0 unspecified atom stereocenters. The normalized spacial score (nSPS) is 14.1. The quantitative estimate of drug-likeness (QED) is 0.797. The fourth-order valence-electron chi connectivity index (χ4n) is 2.93. The number of thiocarbonyl (C=S) groups is 1. The minimum absolute atomic E-state index is 0.687. The van der Waals surface area contributed by atoms with E-state index in [1.165, 1.54) is 5.69 Å². The van der Waals surface area contributed by atoms with Crippen molar-refractivity contribution in [1.29, 1.82) is 0 Å². The van der Waals surface area contributed by atoms with Gasteiger partial charge in [-0.05, 0) is 48.6 Å². The van der Waals surface area contributed by atoms with E-state index in [2.05, 4.69) is 27.2 Å². The Morgan fingerprint density at radius 3 is 2.31 bits per heavy atom. The maximum Gasteiger partial charge on any atom is 0.173 e. The maximum absolute atomic E-state index is 5.97. The molecular weight excluding hydrogens is 370 g/mol. The molecule has 2 aromatic carbocycles. The lowest BCUT2D eigenvalue weighted by molar-refractivity contribution is 0.389. The van der Waals surface area contributed by atoms with Crippen LogP contribution >= 0.6 is 23.8 Å². The predicted octanol–water partition coefficient (Wildman–Crippen LogP) is 3.88. The van der Waals surface area contributed by atoms with E-state index in [1.54, 1.807) is 14.2 Å². The number of hydrogen-bond acceptors (Lipinski definition) is 4. The summed E-state index contributed by atoms with van der Waals surface area (Å²) in [6, 6.07) is 13.6. The molecule has 1 heterocycles. The number of halogens is 1. The summed E-state index contributed by atoms with van der Waals surface area (Å²) in [6.45, 7) is 3.50. The summed E-state index contributed by atoms with van der Waals surface area (Å²) in [6.07, 6.45) is 0. The molecule has 7 heteroatoms. The molecule has 1 saturated heterocycles. The lowest BCUT2D eigenvalue weighted by Gasteiger charge is -2.37. The minimum atomic E-state index is 0.687. The second-order valence-electron chi connectivity index (χ2n) is 5.95. The molecule has 0 spiro atoms. The van der Waals surface area contributed by atoms with Gasteiger partial charge in [-0.15, -0.1) is 0 Å². The first-order chi connectivity index (χ1) is 12.6. The summed E-state index contributed by atoms with van der Waals surface area (Å²) >= 11 is 11.6. The van der Waals surface area contributed by atoms with Gasteiger partial charge >= 0.3 is 0 Å². The van der Waals surface area contributed by atoms with Gasteiger partial charge in [0.25, 0.3) is 0 Å². The summed E-state index contributed by atoms with van der Waals surface area (Å²) in [7, 11) is 3.28. The Labute approximate surface area is 164 Å². The minimum Gasteiger partial charge on any atom is -0.497 e. The summed E-state index contributed by atoms with van der Waals surface area (Å²) in [5, 5.41) is 4.73. The Hall–Kier alpha value is -2.18. The summed E-state index contributed by atoms with van der Waals surface area (Å²) in [5.41, 5.74) is 1.99. The Morgan fingerprint density at radius 1 is 1.00 bits per heavy atom. The summed E-state index contributed by atoms with van der Waals surface area (Å²) in [4.78, 5) is 4.50. The van der Waals surface area contributed by atoms with Crippen molar-refractivity contribution < 1.29 is 9.47 Å². The van der Waals surface area contributed by atoms with Gasteiger partial charge in [0, 0.05) is 43.0 Å². The number of ether oxygens (including phenoxy) is 2. The van der Waals surface area contributed by atoms with Gasteiger partial charge in [-0.3, -0.25) is 0 Å². The van der Waals surface area contributed by atoms with E-state index in [4.69, 9.17) is 33.3 Å². The average molecular weight is 392 g/mol. The smallest absolute Gasteiger partial charge is 0.173 e. The second kappa shape index (κ2) is 8.47. The molecule has 26 heavy (non-hydrogen) atoms. The molecule has 0 amide bonds. The zero-order chi connectivity index (χ0) is 18.5. The number of piperazine rings is 1. The van der Waals surface area contributed by atoms with E-state index in [-0.39, 0.29) is 0 Å². The third-order valence-electron chi connectivity index (χ3n) is 4.41. The van der Waals surface area contributed by atoms with Gasteiger partial charge in [0.15, 0.2) is 5.11 Å².